The Morgan fingerprint density at radius 2 is 2.00 bits per heavy atom. The molecule has 0 aliphatic rings. The number of tetrazole rings is 1. The predicted molar refractivity (Wildman–Crippen MR) is 83.4 cm³/mol. The van der Waals surface area contributed by atoms with Crippen molar-refractivity contribution in [2.75, 3.05) is 5.73 Å². The molecule has 0 spiro atoms. The van der Waals surface area contributed by atoms with Crippen LogP contribution in [0.15, 0.2) is 42.5 Å². The van der Waals surface area contributed by atoms with E-state index in [4.69, 9.17) is 17.3 Å². The molecule has 3 rings (SSSR count). The highest BCUT2D eigenvalue weighted by atomic mass is 35.5. The smallest absolute Gasteiger partial charge is 0.188 e. The highest BCUT2D eigenvalue weighted by Gasteiger charge is 2.15. The van der Waals surface area contributed by atoms with E-state index in [0.717, 1.165) is 17.7 Å². The first-order chi connectivity index (χ1) is 10.2. The Kier molecular flexibility index (Phi) is 3.58. The number of halogens is 1. The van der Waals surface area contributed by atoms with E-state index in [2.05, 4.69) is 28.5 Å². The Morgan fingerprint density at radius 3 is 2.81 bits per heavy atom. The first-order valence-electron chi connectivity index (χ1n) is 6.62. The number of aryl methyl sites for hydroxylation is 1. The lowest BCUT2D eigenvalue weighted by Crippen LogP contribution is -2.04. The number of rotatable bonds is 3. The lowest BCUT2D eigenvalue weighted by molar-refractivity contribution is 0.783. The first-order valence-corrected chi connectivity index (χ1v) is 7.00. The van der Waals surface area contributed by atoms with E-state index in [1.54, 1.807) is 22.9 Å². The molecule has 0 fully saturated rings. The van der Waals surface area contributed by atoms with Crippen LogP contribution in [-0.2, 0) is 6.42 Å². The maximum absolute atomic E-state index is 6.26. The van der Waals surface area contributed by atoms with Gasteiger partial charge >= 0.3 is 0 Å². The Hall–Kier alpha value is -2.40. The average Bonchev–Trinajstić information content (AvgIpc) is 2.98. The van der Waals surface area contributed by atoms with Gasteiger partial charge < -0.3 is 5.73 Å². The molecule has 0 bridgehead atoms. The number of nitrogen functional groups attached to an aromatic ring is 1. The second-order valence-electron chi connectivity index (χ2n) is 4.64. The number of para-hydroxylation sites is 1. The molecule has 0 aliphatic heterocycles. The molecule has 2 aromatic carbocycles. The molecule has 1 heterocycles. The van der Waals surface area contributed by atoms with Crippen molar-refractivity contribution in [1.82, 2.24) is 20.2 Å². The minimum absolute atomic E-state index is 0.564. The number of nitrogens with two attached hydrogens (primary N) is 1. The summed E-state index contributed by atoms with van der Waals surface area (Å²) in [4.78, 5) is 0. The monoisotopic (exact) mass is 299 g/mol. The van der Waals surface area contributed by atoms with E-state index in [1.807, 2.05) is 18.2 Å². The number of aromatic nitrogens is 4. The van der Waals surface area contributed by atoms with E-state index in [0.29, 0.717) is 22.1 Å². The number of anilines is 1. The maximum atomic E-state index is 6.26. The topological polar surface area (TPSA) is 69.6 Å². The summed E-state index contributed by atoms with van der Waals surface area (Å²) in [5.74, 6) is 0.577. The Morgan fingerprint density at radius 1 is 1.19 bits per heavy atom. The highest BCUT2D eigenvalue weighted by Crippen LogP contribution is 2.29. The molecule has 106 valence electrons. The fourth-order valence-corrected chi connectivity index (χ4v) is 2.45. The summed E-state index contributed by atoms with van der Waals surface area (Å²) < 4.78 is 1.69. The normalized spacial score (nSPS) is 10.8. The van der Waals surface area contributed by atoms with Crippen molar-refractivity contribution in [3.63, 3.8) is 0 Å². The molecule has 2 N–H and O–H groups in total. The molecule has 6 heteroatoms. The van der Waals surface area contributed by atoms with Gasteiger partial charge in [-0.05, 0) is 46.7 Å². The molecule has 0 amide bonds. The quantitative estimate of drug-likeness (QED) is 0.754. The first kappa shape index (κ1) is 13.6. The van der Waals surface area contributed by atoms with Crippen LogP contribution in [0.4, 0.5) is 5.69 Å². The third-order valence-electron chi connectivity index (χ3n) is 3.30. The molecule has 0 atom stereocenters. The molecule has 0 radical (unpaired) electrons. The lowest BCUT2D eigenvalue weighted by Gasteiger charge is -2.10. The van der Waals surface area contributed by atoms with Crippen molar-refractivity contribution in [3.8, 4) is 17.1 Å². The van der Waals surface area contributed by atoms with Crippen LogP contribution in [0, 0.1) is 0 Å². The minimum Gasteiger partial charge on any atom is -0.399 e. The highest BCUT2D eigenvalue weighted by molar-refractivity contribution is 6.33. The van der Waals surface area contributed by atoms with Crippen LogP contribution >= 0.6 is 11.6 Å². The van der Waals surface area contributed by atoms with Crippen molar-refractivity contribution in [1.29, 1.82) is 0 Å². The number of hydrogen-bond donors (Lipinski definition) is 1. The molecular weight excluding hydrogens is 286 g/mol. The molecule has 5 nitrogen and oxygen atoms in total. The van der Waals surface area contributed by atoms with Crippen molar-refractivity contribution in [2.24, 2.45) is 0 Å². The van der Waals surface area contributed by atoms with Gasteiger partial charge in [-0.15, -0.1) is 5.10 Å². The molecule has 21 heavy (non-hydrogen) atoms. The zero-order valence-corrected chi connectivity index (χ0v) is 12.2. The van der Waals surface area contributed by atoms with E-state index in [1.165, 1.54) is 0 Å². The molecular formula is C15H14ClN5. The lowest BCUT2D eigenvalue weighted by atomic mass is 10.1. The number of hydrogen-bond acceptors (Lipinski definition) is 4. The fraction of sp³-hybridized carbons (Fsp3) is 0.133. The number of benzene rings is 2. The van der Waals surface area contributed by atoms with E-state index in [9.17, 15) is 0 Å². The standard InChI is InChI=1S/C15H14ClN5/c1-2-10-5-3-4-6-14(10)21-15(18-19-20-21)12-9-11(17)7-8-13(12)16/h3-9H,2,17H2,1H3. The van der Waals surface area contributed by atoms with Crippen molar-refractivity contribution in [2.45, 2.75) is 13.3 Å². The van der Waals surface area contributed by atoms with E-state index >= 15 is 0 Å². The van der Waals surface area contributed by atoms with Gasteiger partial charge in [-0.1, -0.05) is 36.7 Å². The molecule has 1 aromatic heterocycles. The second-order valence-corrected chi connectivity index (χ2v) is 5.04. The molecule has 0 aliphatic carbocycles. The van der Waals surface area contributed by atoms with Gasteiger partial charge in [0.15, 0.2) is 5.82 Å². The van der Waals surface area contributed by atoms with E-state index < -0.39 is 0 Å². The molecule has 0 saturated heterocycles. The van der Waals surface area contributed by atoms with Crippen LogP contribution in [-0.4, -0.2) is 20.2 Å². The van der Waals surface area contributed by atoms with Gasteiger partial charge in [-0.25, -0.2) is 0 Å². The summed E-state index contributed by atoms with van der Waals surface area (Å²) in [6.07, 6.45) is 0.889. The van der Waals surface area contributed by atoms with E-state index in [-0.39, 0.29) is 0 Å². The largest absolute Gasteiger partial charge is 0.399 e. The Bertz CT molecular complexity index is 781. The molecule has 3 aromatic rings. The minimum atomic E-state index is 0.564. The van der Waals surface area contributed by atoms with Gasteiger partial charge in [0.2, 0.25) is 0 Å². The second kappa shape index (κ2) is 5.54. The SMILES string of the molecule is CCc1ccccc1-n1nnnc1-c1cc(N)ccc1Cl. The van der Waals surface area contributed by atoms with Gasteiger partial charge in [-0.3, -0.25) is 0 Å². The van der Waals surface area contributed by atoms with Gasteiger partial charge in [-0.2, -0.15) is 4.68 Å². The molecule has 0 unspecified atom stereocenters. The van der Waals surface area contributed by atoms with Crippen LogP contribution in [0.25, 0.3) is 17.1 Å². The summed E-state index contributed by atoms with van der Waals surface area (Å²) in [6, 6.07) is 13.3. The predicted octanol–water partition coefficient (Wildman–Crippen LogP) is 3.13. The van der Waals surface area contributed by atoms with Gasteiger partial charge in [0.05, 0.1) is 10.7 Å². The van der Waals surface area contributed by atoms with Crippen molar-refractivity contribution in [3.05, 3.63) is 53.1 Å². The third kappa shape index (κ3) is 2.48. The fourth-order valence-electron chi connectivity index (χ4n) is 2.25. The van der Waals surface area contributed by atoms with Crippen LogP contribution in [0.5, 0.6) is 0 Å². The van der Waals surface area contributed by atoms with Crippen LogP contribution in [0.2, 0.25) is 5.02 Å². The third-order valence-corrected chi connectivity index (χ3v) is 3.63. The van der Waals surface area contributed by atoms with Crippen LogP contribution < -0.4 is 5.73 Å². The summed E-state index contributed by atoms with van der Waals surface area (Å²) in [7, 11) is 0. The Balaban J connectivity index is 2.20. The Labute approximate surface area is 127 Å². The van der Waals surface area contributed by atoms with Crippen molar-refractivity contribution >= 4 is 17.3 Å². The zero-order valence-electron chi connectivity index (χ0n) is 11.5. The molecule has 0 saturated carbocycles. The summed E-state index contributed by atoms with van der Waals surface area (Å²) >= 11 is 6.26. The van der Waals surface area contributed by atoms with Crippen LogP contribution in [0.1, 0.15) is 12.5 Å². The number of nitrogens with zero attached hydrogens (tertiary/aromatic N) is 4. The van der Waals surface area contributed by atoms with Gasteiger partial charge in [0.1, 0.15) is 0 Å². The zero-order chi connectivity index (χ0) is 14.8. The summed E-state index contributed by atoms with van der Waals surface area (Å²) in [5, 5.41) is 12.5. The average molecular weight is 300 g/mol. The van der Waals surface area contributed by atoms with Gasteiger partial charge in [0, 0.05) is 11.3 Å². The van der Waals surface area contributed by atoms with Crippen LogP contribution in [0.3, 0.4) is 0 Å². The maximum Gasteiger partial charge on any atom is 0.188 e. The summed E-state index contributed by atoms with van der Waals surface area (Å²) in [5.41, 5.74) is 9.28. The van der Waals surface area contributed by atoms with Gasteiger partial charge in [0.25, 0.3) is 0 Å². The van der Waals surface area contributed by atoms with Crippen molar-refractivity contribution < 1.29 is 0 Å². The summed E-state index contributed by atoms with van der Waals surface area (Å²) in [6.45, 7) is 2.09.